The summed E-state index contributed by atoms with van der Waals surface area (Å²) in [6.45, 7) is 4.14. The Morgan fingerprint density at radius 3 is 2.59 bits per heavy atom. The summed E-state index contributed by atoms with van der Waals surface area (Å²) in [5, 5.41) is 2.57. The van der Waals surface area contributed by atoms with Crippen LogP contribution in [0.5, 0.6) is 5.75 Å². The molecule has 1 saturated heterocycles. The van der Waals surface area contributed by atoms with Crippen LogP contribution in [0.1, 0.15) is 20.3 Å². The van der Waals surface area contributed by atoms with Crippen LogP contribution in [0.4, 0.5) is 15.8 Å². The molecule has 2 aromatic carbocycles. The molecule has 2 amide bonds. The standard InChI is InChI=1S/C20H20BrFN2O3/c1-12(2)27-16-6-4-15(5-7-16)24-11-13(9-19(24)25)20(26)23-18-8-3-14(21)10-17(18)22/h3-8,10,12-13H,9,11H2,1-2H3,(H,23,26)/t13-/m1/s1. The molecule has 5 nitrogen and oxygen atoms in total. The van der Waals surface area contributed by atoms with E-state index < -0.39 is 11.7 Å². The molecular weight excluding hydrogens is 415 g/mol. The third kappa shape index (κ3) is 4.66. The van der Waals surface area contributed by atoms with Crippen LogP contribution in [0.25, 0.3) is 0 Å². The van der Waals surface area contributed by atoms with E-state index in [0.29, 0.717) is 10.2 Å². The molecule has 0 bridgehead atoms. The van der Waals surface area contributed by atoms with Crippen molar-refractivity contribution in [3.05, 3.63) is 52.8 Å². The Bertz CT molecular complexity index is 855. The van der Waals surface area contributed by atoms with Crippen molar-refractivity contribution in [2.75, 3.05) is 16.8 Å². The predicted molar refractivity (Wildman–Crippen MR) is 105 cm³/mol. The molecule has 0 aromatic heterocycles. The first kappa shape index (κ1) is 19.4. The zero-order valence-corrected chi connectivity index (χ0v) is 16.6. The van der Waals surface area contributed by atoms with Crippen LogP contribution in [0, 0.1) is 11.7 Å². The Kier molecular flexibility index (Phi) is 5.79. The van der Waals surface area contributed by atoms with Gasteiger partial charge in [-0.15, -0.1) is 0 Å². The molecule has 27 heavy (non-hydrogen) atoms. The van der Waals surface area contributed by atoms with Gasteiger partial charge in [-0.25, -0.2) is 4.39 Å². The van der Waals surface area contributed by atoms with E-state index in [1.54, 1.807) is 35.2 Å². The highest BCUT2D eigenvalue weighted by molar-refractivity contribution is 9.10. The zero-order valence-electron chi connectivity index (χ0n) is 15.0. The van der Waals surface area contributed by atoms with E-state index in [9.17, 15) is 14.0 Å². The molecule has 3 rings (SSSR count). The van der Waals surface area contributed by atoms with E-state index in [2.05, 4.69) is 21.2 Å². The second-order valence-corrected chi connectivity index (χ2v) is 7.59. The Morgan fingerprint density at radius 1 is 1.26 bits per heavy atom. The molecular formula is C20H20BrFN2O3. The summed E-state index contributed by atoms with van der Waals surface area (Å²) in [5.74, 6) is -0.844. The van der Waals surface area contributed by atoms with E-state index >= 15 is 0 Å². The monoisotopic (exact) mass is 434 g/mol. The second-order valence-electron chi connectivity index (χ2n) is 6.68. The molecule has 0 saturated carbocycles. The number of amides is 2. The van der Waals surface area contributed by atoms with Gasteiger partial charge in [0.25, 0.3) is 0 Å². The van der Waals surface area contributed by atoms with Crippen LogP contribution in [-0.4, -0.2) is 24.5 Å². The fraction of sp³-hybridized carbons (Fsp3) is 0.300. The number of nitrogens with one attached hydrogen (secondary N) is 1. The lowest BCUT2D eigenvalue weighted by molar-refractivity contribution is -0.122. The van der Waals surface area contributed by atoms with Gasteiger partial charge in [0.15, 0.2) is 0 Å². The number of rotatable bonds is 5. The van der Waals surface area contributed by atoms with Gasteiger partial charge in [-0.3, -0.25) is 9.59 Å². The van der Waals surface area contributed by atoms with Gasteiger partial charge >= 0.3 is 0 Å². The van der Waals surface area contributed by atoms with E-state index in [4.69, 9.17) is 4.74 Å². The van der Waals surface area contributed by atoms with Gasteiger partial charge in [-0.05, 0) is 56.3 Å². The molecule has 1 aliphatic rings. The number of nitrogens with zero attached hydrogens (tertiary/aromatic N) is 1. The van der Waals surface area contributed by atoms with E-state index in [-0.39, 0.29) is 36.6 Å². The number of benzene rings is 2. The number of ether oxygens (including phenoxy) is 1. The number of carbonyl (C=O) groups is 2. The number of anilines is 2. The molecule has 0 spiro atoms. The van der Waals surface area contributed by atoms with Gasteiger partial charge < -0.3 is 15.0 Å². The second kappa shape index (κ2) is 8.08. The highest BCUT2D eigenvalue weighted by atomic mass is 79.9. The molecule has 1 atom stereocenters. The normalized spacial score (nSPS) is 16.7. The summed E-state index contributed by atoms with van der Waals surface area (Å²) in [7, 11) is 0. The first-order valence-electron chi connectivity index (χ1n) is 8.66. The zero-order chi connectivity index (χ0) is 19.6. The average Bonchev–Trinajstić information content (AvgIpc) is 2.99. The highest BCUT2D eigenvalue weighted by Crippen LogP contribution is 2.28. The fourth-order valence-corrected chi connectivity index (χ4v) is 3.27. The van der Waals surface area contributed by atoms with E-state index in [0.717, 1.165) is 5.75 Å². The number of halogens is 2. The molecule has 1 N–H and O–H groups in total. The molecule has 1 heterocycles. The van der Waals surface area contributed by atoms with Crippen LogP contribution in [0.15, 0.2) is 46.9 Å². The molecule has 0 radical (unpaired) electrons. The van der Waals surface area contributed by atoms with Crippen LogP contribution >= 0.6 is 15.9 Å². The quantitative estimate of drug-likeness (QED) is 0.759. The largest absolute Gasteiger partial charge is 0.491 e. The molecule has 2 aromatic rings. The molecule has 142 valence electrons. The predicted octanol–water partition coefficient (Wildman–Crippen LogP) is 4.37. The minimum absolute atomic E-state index is 0.0661. The lowest BCUT2D eigenvalue weighted by atomic mass is 10.1. The average molecular weight is 435 g/mol. The Balaban J connectivity index is 1.66. The molecule has 1 fully saturated rings. The van der Waals surface area contributed by atoms with Crippen molar-refractivity contribution in [3.8, 4) is 5.75 Å². The van der Waals surface area contributed by atoms with Crippen LogP contribution < -0.4 is 15.0 Å². The fourth-order valence-electron chi connectivity index (χ4n) is 2.94. The highest BCUT2D eigenvalue weighted by Gasteiger charge is 2.35. The van der Waals surface area contributed by atoms with E-state index in [1.165, 1.54) is 12.1 Å². The maximum absolute atomic E-state index is 13.9. The summed E-state index contributed by atoms with van der Waals surface area (Å²) in [6.07, 6.45) is 0.158. The minimum atomic E-state index is -0.535. The SMILES string of the molecule is CC(C)Oc1ccc(N2C[C@H](C(=O)Nc3ccc(Br)cc3F)CC2=O)cc1. The third-order valence-electron chi connectivity index (χ3n) is 4.21. The summed E-state index contributed by atoms with van der Waals surface area (Å²) in [5.41, 5.74) is 0.811. The first-order chi connectivity index (χ1) is 12.8. The Morgan fingerprint density at radius 2 is 1.96 bits per heavy atom. The van der Waals surface area contributed by atoms with E-state index in [1.807, 2.05) is 13.8 Å². The topological polar surface area (TPSA) is 58.6 Å². The van der Waals surface area contributed by atoms with Gasteiger partial charge in [0.05, 0.1) is 17.7 Å². The maximum Gasteiger partial charge on any atom is 0.229 e. The van der Waals surface area contributed by atoms with Crippen LogP contribution in [-0.2, 0) is 9.59 Å². The molecule has 7 heteroatoms. The van der Waals surface area contributed by atoms with Gasteiger partial charge in [0.2, 0.25) is 11.8 Å². The minimum Gasteiger partial charge on any atom is -0.491 e. The Labute approximate surface area is 165 Å². The maximum atomic E-state index is 13.9. The Hall–Kier alpha value is -2.41. The van der Waals surface area contributed by atoms with Crippen molar-refractivity contribution in [2.24, 2.45) is 5.92 Å². The third-order valence-corrected chi connectivity index (χ3v) is 4.70. The van der Waals surface area contributed by atoms with Crippen molar-refractivity contribution in [1.29, 1.82) is 0 Å². The van der Waals surface area contributed by atoms with Crippen LogP contribution in [0.2, 0.25) is 0 Å². The van der Waals surface area contributed by atoms with Crippen molar-refractivity contribution >= 4 is 39.1 Å². The summed E-state index contributed by atoms with van der Waals surface area (Å²) in [6, 6.07) is 11.6. The van der Waals surface area contributed by atoms with Crippen molar-refractivity contribution in [1.82, 2.24) is 0 Å². The summed E-state index contributed by atoms with van der Waals surface area (Å²) < 4.78 is 20.1. The lowest BCUT2D eigenvalue weighted by Gasteiger charge is -2.18. The summed E-state index contributed by atoms with van der Waals surface area (Å²) in [4.78, 5) is 26.4. The number of hydrogen-bond acceptors (Lipinski definition) is 3. The van der Waals surface area contributed by atoms with Crippen molar-refractivity contribution < 1.29 is 18.7 Å². The molecule has 1 aliphatic heterocycles. The number of hydrogen-bond donors (Lipinski definition) is 1. The van der Waals surface area contributed by atoms with Crippen molar-refractivity contribution in [2.45, 2.75) is 26.4 Å². The summed E-state index contributed by atoms with van der Waals surface area (Å²) >= 11 is 3.18. The van der Waals surface area contributed by atoms with Gasteiger partial charge in [-0.2, -0.15) is 0 Å². The van der Waals surface area contributed by atoms with Gasteiger partial charge in [0.1, 0.15) is 11.6 Å². The van der Waals surface area contributed by atoms with Crippen LogP contribution in [0.3, 0.4) is 0 Å². The molecule has 0 aliphatic carbocycles. The van der Waals surface area contributed by atoms with Gasteiger partial charge in [0, 0.05) is 23.1 Å². The lowest BCUT2D eigenvalue weighted by Crippen LogP contribution is -2.28. The first-order valence-corrected chi connectivity index (χ1v) is 9.46. The number of carbonyl (C=O) groups excluding carboxylic acids is 2. The van der Waals surface area contributed by atoms with Crippen molar-refractivity contribution in [3.63, 3.8) is 0 Å². The smallest absolute Gasteiger partial charge is 0.229 e. The van der Waals surface area contributed by atoms with Gasteiger partial charge in [-0.1, -0.05) is 15.9 Å². The molecule has 0 unspecified atom stereocenters.